The molecule has 0 fully saturated rings. The van der Waals surface area contributed by atoms with Crippen molar-refractivity contribution in [1.82, 2.24) is 0 Å². The summed E-state index contributed by atoms with van der Waals surface area (Å²) in [4.78, 5) is 11.6. The van der Waals surface area contributed by atoms with Crippen molar-refractivity contribution in [3.63, 3.8) is 0 Å². The van der Waals surface area contributed by atoms with Crippen LogP contribution in [0, 0.1) is 3.57 Å². The van der Waals surface area contributed by atoms with Crippen molar-refractivity contribution in [2.24, 2.45) is 10.2 Å². The van der Waals surface area contributed by atoms with Crippen molar-refractivity contribution in [3.05, 3.63) is 39.3 Å². The number of nitrogens with zero attached hydrogens (tertiary/aromatic N) is 2. The molecule has 0 aliphatic heterocycles. The maximum Gasteiger partial charge on any atom is 0.362 e. The van der Waals surface area contributed by atoms with Gasteiger partial charge in [-0.1, -0.05) is 0 Å². The highest BCUT2D eigenvalue weighted by Gasteiger charge is 2.15. The summed E-state index contributed by atoms with van der Waals surface area (Å²) >= 11 is 7.64. The van der Waals surface area contributed by atoms with E-state index in [1.165, 1.54) is 0 Å². The van der Waals surface area contributed by atoms with Gasteiger partial charge in [0.15, 0.2) is 0 Å². The van der Waals surface area contributed by atoms with E-state index in [0.717, 1.165) is 3.57 Å². The van der Waals surface area contributed by atoms with Crippen LogP contribution in [0.2, 0.25) is 0 Å². The quantitative estimate of drug-likeness (QED) is 0.205. The average molecular weight is 395 g/mol. The van der Waals surface area contributed by atoms with E-state index >= 15 is 0 Å². The van der Waals surface area contributed by atoms with Crippen LogP contribution >= 0.6 is 34.2 Å². The summed E-state index contributed by atoms with van der Waals surface area (Å²) in [6, 6.07) is 7.19. The van der Waals surface area contributed by atoms with Crippen LogP contribution in [0.25, 0.3) is 0 Å². The Morgan fingerprint density at radius 2 is 2.05 bits per heavy atom. The molecule has 0 spiro atoms. The summed E-state index contributed by atoms with van der Waals surface area (Å²) in [6.07, 6.45) is 0. The van der Waals surface area contributed by atoms with Crippen LogP contribution in [0.15, 0.2) is 46.0 Å². The molecule has 0 unspecified atom stereocenters. The van der Waals surface area contributed by atoms with Gasteiger partial charge in [-0.25, -0.2) is 4.79 Å². The fourth-order valence-corrected chi connectivity index (χ4v) is 1.58. The molecule has 1 aromatic carbocycles. The molecule has 0 saturated carbocycles. The van der Waals surface area contributed by atoms with Gasteiger partial charge in [-0.2, -0.15) is 5.11 Å². The minimum atomic E-state index is -0.755. The fourth-order valence-electron chi connectivity index (χ4n) is 1.09. The Hall–Kier alpha value is -1.15. The van der Waals surface area contributed by atoms with Gasteiger partial charge in [0.1, 0.15) is 5.76 Å². The second kappa shape index (κ2) is 8.11. The number of aliphatic hydroxyl groups excluding tert-OH is 1. The smallest absolute Gasteiger partial charge is 0.362 e. The van der Waals surface area contributed by atoms with Gasteiger partial charge >= 0.3 is 5.97 Å². The van der Waals surface area contributed by atoms with Crippen molar-refractivity contribution < 1.29 is 14.6 Å². The minimum absolute atomic E-state index is 0.178. The normalized spacial score (nSPS) is 12.4. The first-order valence-electron chi connectivity index (χ1n) is 5.41. The molecule has 7 heteroatoms. The fraction of sp³-hybridized carbons (Fsp3) is 0.250. The molecular weight excluding hydrogens is 383 g/mol. The van der Waals surface area contributed by atoms with Crippen LogP contribution in [0.4, 0.5) is 5.69 Å². The van der Waals surface area contributed by atoms with Crippen LogP contribution in [-0.4, -0.2) is 23.6 Å². The summed E-state index contributed by atoms with van der Waals surface area (Å²) in [6.45, 7) is 1.83. The number of rotatable bonds is 5. The van der Waals surface area contributed by atoms with Gasteiger partial charge in [-0.3, -0.25) is 0 Å². The van der Waals surface area contributed by atoms with E-state index < -0.39 is 5.97 Å². The third kappa shape index (κ3) is 5.15. The largest absolute Gasteiger partial charge is 0.508 e. The standard InChI is InChI=1S/C12H12ClIN2O3/c1-2-19-12(18)11(10(17)7-13)16-15-9-5-3-8(14)4-6-9/h3-6,17H,2,7H2,1H3/b11-10-,16-15?. The number of alkyl halides is 1. The summed E-state index contributed by atoms with van der Waals surface area (Å²) < 4.78 is 5.82. The van der Waals surface area contributed by atoms with Gasteiger partial charge in [-0.15, -0.1) is 16.7 Å². The highest BCUT2D eigenvalue weighted by atomic mass is 127. The van der Waals surface area contributed by atoms with Crippen molar-refractivity contribution >= 4 is 45.8 Å². The molecule has 0 atom stereocenters. The molecule has 0 saturated heterocycles. The average Bonchev–Trinajstić information content (AvgIpc) is 2.41. The molecule has 102 valence electrons. The molecule has 0 radical (unpaired) electrons. The first kappa shape index (κ1) is 15.9. The Balaban J connectivity index is 2.95. The van der Waals surface area contributed by atoms with Crippen molar-refractivity contribution in [2.75, 3.05) is 12.5 Å². The van der Waals surface area contributed by atoms with E-state index in [1.54, 1.807) is 19.1 Å². The zero-order valence-electron chi connectivity index (χ0n) is 10.1. The molecule has 1 N–H and O–H groups in total. The number of esters is 1. The zero-order valence-corrected chi connectivity index (χ0v) is 13.1. The molecule has 0 bridgehead atoms. The molecule has 0 aromatic heterocycles. The third-order valence-corrected chi connectivity index (χ3v) is 2.93. The Morgan fingerprint density at radius 3 is 2.58 bits per heavy atom. The molecule has 1 aromatic rings. The summed E-state index contributed by atoms with van der Waals surface area (Å²) in [5, 5.41) is 17.1. The van der Waals surface area contributed by atoms with Crippen LogP contribution in [0.3, 0.4) is 0 Å². The van der Waals surface area contributed by atoms with Crippen LogP contribution in [-0.2, 0) is 9.53 Å². The molecule has 19 heavy (non-hydrogen) atoms. The van der Waals surface area contributed by atoms with E-state index in [0.29, 0.717) is 5.69 Å². The Bertz CT molecular complexity index is 500. The number of azo groups is 1. The predicted octanol–water partition coefficient (Wildman–Crippen LogP) is 3.95. The predicted molar refractivity (Wildman–Crippen MR) is 80.7 cm³/mol. The van der Waals surface area contributed by atoms with Gasteiger partial charge in [0, 0.05) is 3.57 Å². The van der Waals surface area contributed by atoms with Crippen molar-refractivity contribution in [2.45, 2.75) is 6.92 Å². The maximum absolute atomic E-state index is 11.6. The topological polar surface area (TPSA) is 71.2 Å². The van der Waals surface area contributed by atoms with Gasteiger partial charge < -0.3 is 9.84 Å². The van der Waals surface area contributed by atoms with E-state index in [9.17, 15) is 9.90 Å². The SMILES string of the molecule is CCOC(=O)/C(N=Nc1ccc(I)cc1)=C(/O)CCl. The first-order valence-corrected chi connectivity index (χ1v) is 7.02. The lowest BCUT2D eigenvalue weighted by molar-refractivity contribution is -0.138. The second-order valence-corrected chi connectivity index (χ2v) is 4.84. The van der Waals surface area contributed by atoms with E-state index in [2.05, 4.69) is 32.8 Å². The third-order valence-electron chi connectivity index (χ3n) is 1.96. The highest BCUT2D eigenvalue weighted by molar-refractivity contribution is 14.1. The zero-order chi connectivity index (χ0) is 14.3. The molecule has 0 aliphatic carbocycles. The lowest BCUT2D eigenvalue weighted by Crippen LogP contribution is -2.09. The Kier molecular flexibility index (Phi) is 6.79. The molecule has 0 amide bonds. The van der Waals surface area contributed by atoms with Crippen molar-refractivity contribution in [3.8, 4) is 0 Å². The maximum atomic E-state index is 11.6. The lowest BCUT2D eigenvalue weighted by Gasteiger charge is -2.03. The lowest BCUT2D eigenvalue weighted by atomic mass is 10.3. The number of hydrogen-bond acceptors (Lipinski definition) is 5. The number of allylic oxidation sites excluding steroid dienone is 1. The number of carbonyl (C=O) groups excluding carboxylic acids is 1. The molecule has 5 nitrogen and oxygen atoms in total. The highest BCUT2D eigenvalue weighted by Crippen LogP contribution is 2.17. The first-order chi connectivity index (χ1) is 9.08. The Labute approximate surface area is 129 Å². The minimum Gasteiger partial charge on any atom is -0.508 e. The van der Waals surface area contributed by atoms with Crippen molar-refractivity contribution in [1.29, 1.82) is 0 Å². The number of benzene rings is 1. The molecular formula is C12H12ClIN2O3. The summed E-state index contributed by atoms with van der Waals surface area (Å²) in [5.41, 5.74) is 0.278. The second-order valence-electron chi connectivity index (χ2n) is 3.33. The van der Waals surface area contributed by atoms with E-state index in [1.807, 2.05) is 12.1 Å². The summed E-state index contributed by atoms with van der Waals surface area (Å²) in [7, 11) is 0. The molecule has 0 heterocycles. The number of hydrogen-bond donors (Lipinski definition) is 1. The van der Waals surface area contributed by atoms with Gasteiger partial charge in [0.25, 0.3) is 0 Å². The van der Waals surface area contributed by atoms with Gasteiger partial charge in [0.05, 0.1) is 18.2 Å². The van der Waals surface area contributed by atoms with E-state index in [-0.39, 0.29) is 23.9 Å². The number of ether oxygens (including phenoxy) is 1. The molecule has 0 aliphatic rings. The van der Waals surface area contributed by atoms with E-state index in [4.69, 9.17) is 16.3 Å². The Morgan fingerprint density at radius 1 is 1.42 bits per heavy atom. The monoisotopic (exact) mass is 394 g/mol. The summed E-state index contributed by atoms with van der Waals surface area (Å²) in [5.74, 6) is -1.36. The van der Waals surface area contributed by atoms with Gasteiger partial charge in [-0.05, 0) is 53.8 Å². The molecule has 1 rings (SSSR count). The number of aliphatic hydroxyl groups is 1. The number of halogens is 2. The van der Waals surface area contributed by atoms with Crippen LogP contribution in [0.1, 0.15) is 6.92 Å². The van der Waals surface area contributed by atoms with Crippen LogP contribution < -0.4 is 0 Å². The van der Waals surface area contributed by atoms with Gasteiger partial charge in [0.2, 0.25) is 5.70 Å². The number of carbonyl (C=O) groups is 1. The van der Waals surface area contributed by atoms with Crippen LogP contribution in [0.5, 0.6) is 0 Å².